The van der Waals surface area contributed by atoms with Gasteiger partial charge in [0.25, 0.3) is 0 Å². The van der Waals surface area contributed by atoms with E-state index in [2.05, 4.69) is 9.71 Å². The van der Waals surface area contributed by atoms with Crippen molar-refractivity contribution in [3.05, 3.63) is 39.9 Å². The molecule has 0 saturated heterocycles. The van der Waals surface area contributed by atoms with Crippen LogP contribution in [0.25, 0.3) is 10.6 Å². The van der Waals surface area contributed by atoms with Gasteiger partial charge in [0, 0.05) is 22.0 Å². The van der Waals surface area contributed by atoms with Crippen molar-refractivity contribution >= 4 is 33.0 Å². The van der Waals surface area contributed by atoms with Crippen molar-refractivity contribution in [3.8, 4) is 10.6 Å². The van der Waals surface area contributed by atoms with Gasteiger partial charge in [-0.3, -0.25) is 0 Å². The van der Waals surface area contributed by atoms with Gasteiger partial charge in [-0.25, -0.2) is 18.1 Å². The smallest absolute Gasteiger partial charge is 0.211 e. The van der Waals surface area contributed by atoms with E-state index in [9.17, 15) is 8.42 Å². The molecule has 21 heavy (non-hydrogen) atoms. The van der Waals surface area contributed by atoms with E-state index >= 15 is 0 Å². The second-order valence-corrected chi connectivity index (χ2v) is 8.20. The van der Waals surface area contributed by atoms with E-state index in [0.717, 1.165) is 21.1 Å². The van der Waals surface area contributed by atoms with E-state index in [1.807, 2.05) is 31.2 Å². The molecule has 1 aromatic heterocycles. The lowest BCUT2D eigenvalue weighted by Gasteiger charge is -2.02. The van der Waals surface area contributed by atoms with Crippen LogP contribution in [0.15, 0.2) is 24.3 Å². The Hall–Kier alpha value is -0.950. The summed E-state index contributed by atoms with van der Waals surface area (Å²) in [6, 6.07) is 7.54. The Morgan fingerprint density at radius 3 is 2.57 bits per heavy atom. The van der Waals surface area contributed by atoms with Gasteiger partial charge in [-0.2, -0.15) is 0 Å². The summed E-state index contributed by atoms with van der Waals surface area (Å²) in [5.74, 6) is 0.102. The molecule has 1 aromatic carbocycles. The van der Waals surface area contributed by atoms with E-state index in [0.29, 0.717) is 18.0 Å². The highest BCUT2D eigenvalue weighted by molar-refractivity contribution is 7.89. The van der Waals surface area contributed by atoms with Gasteiger partial charge in [-0.1, -0.05) is 23.7 Å². The lowest BCUT2D eigenvalue weighted by atomic mass is 10.2. The third-order valence-corrected chi connectivity index (χ3v) is 5.96. The Morgan fingerprint density at radius 1 is 1.29 bits per heavy atom. The predicted octanol–water partition coefficient (Wildman–Crippen LogP) is 3.25. The van der Waals surface area contributed by atoms with Crippen molar-refractivity contribution in [2.24, 2.45) is 0 Å². The van der Waals surface area contributed by atoms with Crippen LogP contribution in [0.4, 0.5) is 0 Å². The van der Waals surface area contributed by atoms with Gasteiger partial charge in [-0.15, -0.1) is 11.3 Å². The third-order valence-electron chi connectivity index (χ3n) is 3.04. The highest BCUT2D eigenvalue weighted by Gasteiger charge is 2.11. The molecule has 4 nitrogen and oxygen atoms in total. The standard InChI is InChI=1S/C14H17ClN2O2S2/c1-3-21(18,19)16-9-8-13-10(2)17-14(20-13)11-4-6-12(15)7-5-11/h4-7,16H,3,8-9H2,1-2H3. The maximum atomic E-state index is 11.4. The summed E-state index contributed by atoms with van der Waals surface area (Å²) in [7, 11) is -3.13. The number of sulfonamides is 1. The molecule has 7 heteroatoms. The Labute approximate surface area is 134 Å². The molecule has 0 bridgehead atoms. The number of aromatic nitrogens is 1. The van der Waals surface area contributed by atoms with E-state index in [1.54, 1.807) is 18.3 Å². The number of benzene rings is 1. The normalized spacial score (nSPS) is 11.8. The first-order valence-electron chi connectivity index (χ1n) is 6.61. The van der Waals surface area contributed by atoms with Gasteiger partial charge in [0.2, 0.25) is 10.0 Å². The van der Waals surface area contributed by atoms with Crippen LogP contribution in [-0.2, 0) is 16.4 Å². The second kappa shape index (κ2) is 6.87. The van der Waals surface area contributed by atoms with Crippen LogP contribution in [0.1, 0.15) is 17.5 Å². The maximum Gasteiger partial charge on any atom is 0.211 e. The minimum atomic E-state index is -3.13. The van der Waals surface area contributed by atoms with Gasteiger partial charge in [-0.05, 0) is 32.4 Å². The number of rotatable bonds is 6. The number of hydrogen-bond donors (Lipinski definition) is 1. The summed E-state index contributed by atoms with van der Waals surface area (Å²) in [4.78, 5) is 5.64. The summed E-state index contributed by atoms with van der Waals surface area (Å²) in [5, 5.41) is 1.62. The number of nitrogens with one attached hydrogen (secondary N) is 1. The van der Waals surface area contributed by atoms with E-state index < -0.39 is 10.0 Å². The van der Waals surface area contributed by atoms with Gasteiger partial charge >= 0.3 is 0 Å². The van der Waals surface area contributed by atoms with Gasteiger partial charge in [0.15, 0.2) is 0 Å². The fraction of sp³-hybridized carbons (Fsp3) is 0.357. The van der Waals surface area contributed by atoms with Crippen LogP contribution < -0.4 is 4.72 Å². The molecule has 0 saturated carbocycles. The van der Waals surface area contributed by atoms with Crippen LogP contribution >= 0.6 is 22.9 Å². The number of halogens is 1. The van der Waals surface area contributed by atoms with Crippen LogP contribution in [-0.4, -0.2) is 25.7 Å². The van der Waals surface area contributed by atoms with Crippen molar-refractivity contribution in [2.45, 2.75) is 20.3 Å². The fourth-order valence-electron chi connectivity index (χ4n) is 1.80. The van der Waals surface area contributed by atoms with Crippen LogP contribution in [0, 0.1) is 6.92 Å². The molecule has 0 spiro atoms. The number of nitrogens with zero attached hydrogens (tertiary/aromatic N) is 1. The second-order valence-electron chi connectivity index (χ2n) is 4.58. The van der Waals surface area contributed by atoms with Gasteiger partial charge < -0.3 is 0 Å². The zero-order valence-corrected chi connectivity index (χ0v) is 14.3. The molecule has 0 aliphatic rings. The lowest BCUT2D eigenvalue weighted by Crippen LogP contribution is -2.27. The van der Waals surface area contributed by atoms with Crippen molar-refractivity contribution in [1.82, 2.24) is 9.71 Å². The van der Waals surface area contributed by atoms with E-state index in [-0.39, 0.29) is 5.75 Å². The number of thiazole rings is 1. The van der Waals surface area contributed by atoms with E-state index in [4.69, 9.17) is 11.6 Å². The molecule has 0 atom stereocenters. The minimum Gasteiger partial charge on any atom is -0.241 e. The summed E-state index contributed by atoms with van der Waals surface area (Å²) in [6.07, 6.45) is 0.649. The highest BCUT2D eigenvalue weighted by Crippen LogP contribution is 2.28. The Kier molecular flexibility index (Phi) is 5.37. The first-order chi connectivity index (χ1) is 9.91. The molecule has 0 fully saturated rings. The van der Waals surface area contributed by atoms with Crippen molar-refractivity contribution in [2.75, 3.05) is 12.3 Å². The third kappa shape index (κ3) is 4.51. The van der Waals surface area contributed by atoms with Crippen LogP contribution in [0.5, 0.6) is 0 Å². The maximum absolute atomic E-state index is 11.4. The predicted molar refractivity (Wildman–Crippen MR) is 88.5 cm³/mol. The Bertz CT molecular complexity index is 709. The molecule has 0 radical (unpaired) electrons. The highest BCUT2D eigenvalue weighted by atomic mass is 35.5. The molecule has 2 aromatic rings. The SMILES string of the molecule is CCS(=O)(=O)NCCc1sc(-c2ccc(Cl)cc2)nc1C. The van der Waals surface area contributed by atoms with Crippen LogP contribution in [0.2, 0.25) is 5.02 Å². The minimum absolute atomic E-state index is 0.102. The van der Waals surface area contributed by atoms with Crippen molar-refractivity contribution < 1.29 is 8.42 Å². The lowest BCUT2D eigenvalue weighted by molar-refractivity contribution is 0.583. The molecule has 2 rings (SSSR count). The van der Waals surface area contributed by atoms with Gasteiger partial charge in [0.1, 0.15) is 5.01 Å². The number of hydrogen-bond acceptors (Lipinski definition) is 4. The first kappa shape index (κ1) is 16.4. The Balaban J connectivity index is 2.07. The van der Waals surface area contributed by atoms with Gasteiger partial charge in [0.05, 0.1) is 11.4 Å². The molecule has 0 unspecified atom stereocenters. The summed E-state index contributed by atoms with van der Waals surface area (Å²) in [6.45, 7) is 3.97. The van der Waals surface area contributed by atoms with Crippen molar-refractivity contribution in [1.29, 1.82) is 0 Å². The Morgan fingerprint density at radius 2 is 1.95 bits per heavy atom. The fourth-order valence-corrected chi connectivity index (χ4v) is 3.61. The molecule has 1 N–H and O–H groups in total. The quantitative estimate of drug-likeness (QED) is 0.875. The summed E-state index contributed by atoms with van der Waals surface area (Å²) in [5.41, 5.74) is 1.97. The summed E-state index contributed by atoms with van der Waals surface area (Å²) >= 11 is 7.47. The molecule has 0 aliphatic carbocycles. The molecule has 114 valence electrons. The molecule has 0 amide bonds. The number of aryl methyl sites for hydroxylation is 1. The zero-order valence-electron chi connectivity index (χ0n) is 11.9. The zero-order chi connectivity index (χ0) is 15.5. The molecular formula is C14H17ClN2O2S2. The average molecular weight is 345 g/mol. The van der Waals surface area contributed by atoms with Crippen LogP contribution in [0.3, 0.4) is 0 Å². The molecular weight excluding hydrogens is 328 g/mol. The topological polar surface area (TPSA) is 59.1 Å². The first-order valence-corrected chi connectivity index (χ1v) is 9.45. The largest absolute Gasteiger partial charge is 0.241 e. The van der Waals surface area contributed by atoms with Crippen molar-refractivity contribution in [3.63, 3.8) is 0 Å². The average Bonchev–Trinajstić information content (AvgIpc) is 2.81. The summed E-state index contributed by atoms with van der Waals surface area (Å²) < 4.78 is 25.4. The van der Waals surface area contributed by atoms with E-state index in [1.165, 1.54) is 0 Å². The molecule has 0 aliphatic heterocycles. The molecule has 1 heterocycles. The monoisotopic (exact) mass is 344 g/mol.